The zero-order chi connectivity index (χ0) is 31.1. The van der Waals surface area contributed by atoms with Gasteiger partial charge in [-0.05, 0) is 30.5 Å². The molecule has 1 heterocycles. The zero-order valence-corrected chi connectivity index (χ0v) is 21.5. The lowest BCUT2D eigenvalue weighted by molar-refractivity contribution is -0.350. The first kappa shape index (κ1) is 31.6. The number of carbonyl (C=O) groups is 1. The molecule has 3 rings (SSSR count). The zero-order valence-electron chi connectivity index (χ0n) is 20.8. The van der Waals surface area contributed by atoms with Gasteiger partial charge >= 0.3 is 24.6 Å². The summed E-state index contributed by atoms with van der Waals surface area (Å²) in [7, 11) is 2.10. The van der Waals surface area contributed by atoms with E-state index in [4.69, 9.17) is 17.3 Å². The first-order valence-electron chi connectivity index (χ1n) is 11.1. The van der Waals surface area contributed by atoms with Crippen LogP contribution in [0.4, 0.5) is 45.3 Å². The number of nitriles is 1. The summed E-state index contributed by atoms with van der Waals surface area (Å²) in [5.74, 6) is -3.72. The summed E-state index contributed by atoms with van der Waals surface area (Å²) in [6.07, 6.45) is -10.9. The van der Waals surface area contributed by atoms with E-state index in [0.717, 1.165) is 12.4 Å². The van der Waals surface area contributed by atoms with E-state index in [1.165, 1.54) is 30.1 Å². The van der Waals surface area contributed by atoms with Crippen molar-refractivity contribution in [1.29, 1.82) is 5.26 Å². The maximum atomic E-state index is 14.7. The molecule has 0 saturated heterocycles. The maximum Gasteiger partial charge on any atom is 0.437 e. The van der Waals surface area contributed by atoms with Gasteiger partial charge in [-0.3, -0.25) is 4.79 Å². The number of alkyl halides is 9. The predicted molar refractivity (Wildman–Crippen MR) is 126 cm³/mol. The van der Waals surface area contributed by atoms with E-state index in [9.17, 15) is 49.6 Å². The Bertz CT molecular complexity index is 1420. The molecule has 222 valence electrons. The summed E-state index contributed by atoms with van der Waals surface area (Å²) in [5.41, 5.74) is -4.31. The number of ether oxygens (including phenoxy) is 1. The number of nitrogens with zero attached hydrogens (tertiary/aromatic N) is 5. The topological polar surface area (TPSA) is 110 Å². The molecule has 8 nitrogen and oxygen atoms in total. The lowest BCUT2D eigenvalue weighted by Crippen LogP contribution is -2.51. The van der Waals surface area contributed by atoms with Gasteiger partial charge in [0.25, 0.3) is 5.91 Å². The van der Waals surface area contributed by atoms with Crippen LogP contribution in [0.2, 0.25) is 5.02 Å². The van der Waals surface area contributed by atoms with Crippen LogP contribution in [0.1, 0.15) is 34.5 Å². The van der Waals surface area contributed by atoms with Crippen LogP contribution < -0.4 is 10.5 Å². The van der Waals surface area contributed by atoms with Crippen molar-refractivity contribution in [2.24, 2.45) is 17.8 Å². The van der Waals surface area contributed by atoms with Gasteiger partial charge in [-0.2, -0.15) is 45.5 Å². The van der Waals surface area contributed by atoms with Crippen molar-refractivity contribution in [2.75, 3.05) is 7.05 Å². The van der Waals surface area contributed by atoms with Crippen molar-refractivity contribution >= 4 is 35.1 Å². The molecule has 1 aromatic carbocycles. The number of aromatic nitrogens is 2. The van der Waals surface area contributed by atoms with Crippen molar-refractivity contribution in [1.82, 2.24) is 14.7 Å². The first-order chi connectivity index (χ1) is 18.8. The Kier molecular flexibility index (Phi) is 8.32. The smallest absolute Gasteiger partial charge is 0.429 e. The minimum Gasteiger partial charge on any atom is -0.429 e. The second-order valence-corrected chi connectivity index (χ2v) is 9.15. The third-order valence-electron chi connectivity index (χ3n) is 6.20. The van der Waals surface area contributed by atoms with Crippen molar-refractivity contribution in [3.8, 4) is 11.8 Å². The fraction of sp³-hybridized carbons (Fsp3) is 0.391. The van der Waals surface area contributed by atoms with Crippen LogP contribution >= 0.6 is 11.6 Å². The third-order valence-corrected chi connectivity index (χ3v) is 6.53. The van der Waals surface area contributed by atoms with Crippen LogP contribution in [0.5, 0.6) is 5.75 Å². The molecule has 2 N–H and O–H groups in total. The molecule has 1 aromatic heterocycles. The summed E-state index contributed by atoms with van der Waals surface area (Å²) in [4.78, 5) is 17.8. The van der Waals surface area contributed by atoms with Crippen molar-refractivity contribution in [2.45, 2.75) is 43.0 Å². The Morgan fingerprint density at radius 3 is 2.29 bits per heavy atom. The van der Waals surface area contributed by atoms with Crippen molar-refractivity contribution < 1.29 is 49.0 Å². The average molecular weight is 617 g/mol. The van der Waals surface area contributed by atoms with Gasteiger partial charge < -0.3 is 15.4 Å². The second-order valence-electron chi connectivity index (χ2n) is 8.74. The Morgan fingerprint density at radius 2 is 1.83 bits per heavy atom. The molecule has 41 heavy (non-hydrogen) atoms. The van der Waals surface area contributed by atoms with Crippen LogP contribution in [0.3, 0.4) is 0 Å². The summed E-state index contributed by atoms with van der Waals surface area (Å²) < 4.78 is 125. The number of halogens is 10. The maximum absolute atomic E-state index is 14.7. The molecule has 0 aliphatic heterocycles. The number of aliphatic imine (C=N–C) groups is 1. The largest absolute Gasteiger partial charge is 0.437 e. The molecule has 1 fully saturated rings. The number of nitrogens with two attached hydrogens (primary N) is 1. The highest BCUT2D eigenvalue weighted by Gasteiger charge is 2.76. The van der Waals surface area contributed by atoms with E-state index in [0.29, 0.717) is 19.9 Å². The summed E-state index contributed by atoms with van der Waals surface area (Å²) in [5, 5.41) is 12.2. The first-order valence-corrected chi connectivity index (χ1v) is 11.5. The fourth-order valence-electron chi connectivity index (χ4n) is 3.72. The van der Waals surface area contributed by atoms with Crippen molar-refractivity contribution in [3.05, 3.63) is 46.2 Å². The summed E-state index contributed by atoms with van der Waals surface area (Å²) in [6, 6.07) is 5.82. The van der Waals surface area contributed by atoms with Gasteiger partial charge in [0.2, 0.25) is 0 Å². The number of allylic oxidation sites excluding steroid dienone is 1. The van der Waals surface area contributed by atoms with Gasteiger partial charge in [0.15, 0.2) is 17.3 Å². The molecule has 2 aromatic rings. The van der Waals surface area contributed by atoms with Crippen molar-refractivity contribution in [3.63, 3.8) is 0 Å². The standard InChI is InChI=1S/C23H18ClF9N6O2/c1-38(20(10-35)5-6-20)18(40)13-7-11(3-4-14(13)24)12(8-34)9-36-17-15(41-19(25)26)16(37-39(17)2)21(27,22(28,29)30)23(31,32)33/h3-4,7-9,19H,5-6,34H2,1-2H3. The molecule has 1 aliphatic carbocycles. The number of benzene rings is 1. The molecular weight excluding hydrogens is 599 g/mol. The Labute approximate surface area is 230 Å². The van der Waals surface area contributed by atoms with Crippen LogP contribution in [0.25, 0.3) is 5.57 Å². The highest BCUT2D eigenvalue weighted by atomic mass is 35.5. The number of amides is 1. The lowest BCUT2D eigenvalue weighted by atomic mass is 9.99. The molecule has 0 spiro atoms. The minimum absolute atomic E-state index is 0.0323. The second kappa shape index (κ2) is 10.8. The molecular formula is C23H18ClF9N6O2. The van der Waals surface area contributed by atoms with E-state index >= 15 is 0 Å². The van der Waals surface area contributed by atoms with Crippen LogP contribution in [0.15, 0.2) is 29.4 Å². The van der Waals surface area contributed by atoms with Gasteiger partial charge in [-0.1, -0.05) is 17.7 Å². The fourth-order valence-corrected chi connectivity index (χ4v) is 3.92. The Morgan fingerprint density at radius 1 is 1.24 bits per heavy atom. The summed E-state index contributed by atoms with van der Waals surface area (Å²) >= 11 is 6.15. The number of hydrogen-bond donors (Lipinski definition) is 1. The summed E-state index contributed by atoms with van der Waals surface area (Å²) in [6.45, 7) is -3.99. The lowest BCUT2D eigenvalue weighted by Gasteiger charge is -2.28. The molecule has 0 bridgehead atoms. The molecule has 1 saturated carbocycles. The molecule has 0 atom stereocenters. The van der Waals surface area contributed by atoms with Gasteiger partial charge in [-0.25, -0.2) is 14.1 Å². The Balaban J connectivity index is 2.09. The van der Waals surface area contributed by atoms with E-state index in [2.05, 4.69) is 14.8 Å². The highest BCUT2D eigenvalue weighted by molar-refractivity contribution is 6.34. The predicted octanol–water partition coefficient (Wildman–Crippen LogP) is 5.79. The third kappa shape index (κ3) is 5.65. The van der Waals surface area contributed by atoms with Crippen LogP contribution in [0, 0.1) is 11.3 Å². The average Bonchev–Trinajstić information content (AvgIpc) is 3.62. The van der Waals surface area contributed by atoms with Gasteiger partial charge in [0.05, 0.1) is 16.7 Å². The normalized spacial score (nSPS) is 15.8. The van der Waals surface area contributed by atoms with E-state index in [-0.39, 0.29) is 26.4 Å². The number of hydrogen-bond acceptors (Lipinski definition) is 6. The molecule has 0 radical (unpaired) electrons. The van der Waals surface area contributed by atoms with E-state index in [1.54, 1.807) is 0 Å². The van der Waals surface area contributed by atoms with Crippen LogP contribution in [-0.2, 0) is 12.7 Å². The van der Waals surface area contributed by atoms with E-state index in [1.807, 2.05) is 6.07 Å². The highest BCUT2D eigenvalue weighted by Crippen LogP contribution is 2.56. The monoisotopic (exact) mass is 616 g/mol. The van der Waals surface area contributed by atoms with Gasteiger partial charge in [0.1, 0.15) is 5.54 Å². The quantitative estimate of drug-likeness (QED) is 0.298. The molecule has 18 heteroatoms. The molecule has 1 aliphatic rings. The van der Waals surface area contributed by atoms with E-state index < -0.39 is 53.3 Å². The number of aryl methyl sites for hydroxylation is 1. The van der Waals surface area contributed by atoms with Gasteiger partial charge in [-0.15, -0.1) is 0 Å². The van der Waals surface area contributed by atoms with Gasteiger partial charge in [0, 0.05) is 32.1 Å². The Hall–Kier alpha value is -3.94. The van der Waals surface area contributed by atoms with Crippen LogP contribution in [-0.4, -0.2) is 58.4 Å². The minimum atomic E-state index is -6.67. The molecule has 0 unspecified atom stereocenters. The number of rotatable bonds is 8. The molecule has 1 amide bonds. The number of carbonyl (C=O) groups excluding carboxylic acids is 1. The SMILES string of the molecule is CN(C(=O)c1cc(C(C=Nc2c(OC(F)F)c(C(F)(C(F)(F)F)C(F)(F)F)nn2C)=CN)ccc1Cl)C1(C#N)CC1.